The van der Waals surface area contributed by atoms with Crippen LogP contribution < -0.4 is 15.8 Å². The van der Waals surface area contributed by atoms with Crippen LogP contribution in [0.3, 0.4) is 0 Å². The lowest BCUT2D eigenvalue weighted by Crippen LogP contribution is -2.51. The molecule has 1 atom stereocenters. The number of nitrogens with one attached hydrogen (secondary N) is 1. The molecular formula is C9H10N2O2. The van der Waals surface area contributed by atoms with Gasteiger partial charge in [-0.2, -0.15) is 0 Å². The summed E-state index contributed by atoms with van der Waals surface area (Å²) in [6.07, 6.45) is 0.240. The van der Waals surface area contributed by atoms with Gasteiger partial charge in [0.25, 0.3) is 0 Å². The molecule has 1 heterocycles. The number of ether oxygens (including phenoxy) is 1. The molecule has 0 unspecified atom stereocenters. The highest BCUT2D eigenvalue weighted by atomic mass is 16.5. The molecule has 1 fully saturated rings. The van der Waals surface area contributed by atoms with Gasteiger partial charge >= 0.3 is 0 Å². The first-order valence-electron chi connectivity index (χ1n) is 4.05. The van der Waals surface area contributed by atoms with Gasteiger partial charge in [0.1, 0.15) is 5.75 Å². The Kier molecular flexibility index (Phi) is 1.81. The van der Waals surface area contributed by atoms with E-state index in [1.807, 2.05) is 6.07 Å². The van der Waals surface area contributed by atoms with Crippen molar-refractivity contribution in [1.29, 1.82) is 0 Å². The zero-order valence-electron chi connectivity index (χ0n) is 6.99. The number of benzene rings is 1. The number of nitrogen functional groups attached to an aromatic ring is 1. The average molecular weight is 178 g/mol. The highest BCUT2D eigenvalue weighted by molar-refractivity contribution is 5.82. The van der Waals surface area contributed by atoms with Crippen molar-refractivity contribution in [2.45, 2.75) is 12.6 Å². The molecule has 3 N–H and O–H groups in total. The third-order valence-electron chi connectivity index (χ3n) is 1.83. The summed E-state index contributed by atoms with van der Waals surface area (Å²) >= 11 is 0. The normalized spacial score (nSPS) is 20.3. The van der Waals surface area contributed by atoms with Gasteiger partial charge in [0.05, 0.1) is 6.42 Å². The molecule has 0 spiro atoms. The highest BCUT2D eigenvalue weighted by Crippen LogP contribution is 2.18. The molecule has 0 bridgehead atoms. The zero-order chi connectivity index (χ0) is 9.26. The number of amides is 1. The average Bonchev–Trinajstić information content (AvgIpc) is 2.01. The Hall–Kier alpha value is -1.71. The van der Waals surface area contributed by atoms with E-state index in [0.717, 1.165) is 0 Å². The molecule has 4 nitrogen and oxygen atoms in total. The molecule has 2 rings (SSSR count). The molecule has 68 valence electrons. The van der Waals surface area contributed by atoms with Crippen LogP contribution in [0, 0.1) is 0 Å². The molecule has 1 amide bonds. The summed E-state index contributed by atoms with van der Waals surface area (Å²) in [7, 11) is 0. The van der Waals surface area contributed by atoms with E-state index in [2.05, 4.69) is 5.32 Å². The minimum Gasteiger partial charge on any atom is -0.470 e. The van der Waals surface area contributed by atoms with Crippen LogP contribution in [0.4, 0.5) is 5.69 Å². The Morgan fingerprint density at radius 3 is 2.92 bits per heavy atom. The molecular weight excluding hydrogens is 168 g/mol. The van der Waals surface area contributed by atoms with Gasteiger partial charge in [-0.05, 0) is 12.1 Å². The van der Waals surface area contributed by atoms with E-state index < -0.39 is 0 Å². The van der Waals surface area contributed by atoms with Crippen molar-refractivity contribution in [2.24, 2.45) is 0 Å². The summed E-state index contributed by atoms with van der Waals surface area (Å²) in [4.78, 5) is 10.6. The number of anilines is 1. The van der Waals surface area contributed by atoms with Crippen molar-refractivity contribution < 1.29 is 9.53 Å². The van der Waals surface area contributed by atoms with Crippen molar-refractivity contribution in [1.82, 2.24) is 5.32 Å². The second-order valence-corrected chi connectivity index (χ2v) is 2.95. The Labute approximate surface area is 75.7 Å². The molecule has 1 aliphatic rings. The largest absolute Gasteiger partial charge is 0.470 e. The van der Waals surface area contributed by atoms with Crippen molar-refractivity contribution in [3.8, 4) is 5.75 Å². The highest BCUT2D eigenvalue weighted by Gasteiger charge is 2.26. The van der Waals surface area contributed by atoms with Crippen LogP contribution in [0.5, 0.6) is 5.75 Å². The quantitative estimate of drug-likeness (QED) is 0.511. The van der Waals surface area contributed by atoms with E-state index in [9.17, 15) is 4.79 Å². The molecule has 1 saturated heterocycles. The van der Waals surface area contributed by atoms with Crippen LogP contribution in [0.1, 0.15) is 6.42 Å². The van der Waals surface area contributed by atoms with E-state index in [0.29, 0.717) is 17.9 Å². The Balaban J connectivity index is 1.98. The van der Waals surface area contributed by atoms with E-state index in [1.54, 1.807) is 18.2 Å². The maximum atomic E-state index is 10.6. The molecule has 4 heteroatoms. The number of hydrogen-bond donors (Lipinski definition) is 2. The fraction of sp³-hybridized carbons (Fsp3) is 0.222. The number of nitrogens with two attached hydrogens (primary N) is 1. The summed E-state index contributed by atoms with van der Waals surface area (Å²) in [5.41, 5.74) is 6.21. The third kappa shape index (κ3) is 1.72. The van der Waals surface area contributed by atoms with Crippen LogP contribution in [-0.2, 0) is 4.79 Å². The number of rotatable bonds is 2. The standard InChI is InChI=1S/C9H10N2O2/c10-6-2-1-3-7(4-6)13-9-5-8(12)11-9/h1-4,9H,5,10H2,(H,11,12)/t9-/m1/s1. The zero-order valence-corrected chi connectivity index (χ0v) is 6.99. The minimum absolute atomic E-state index is 0.0221. The Morgan fingerprint density at radius 1 is 1.54 bits per heavy atom. The van der Waals surface area contributed by atoms with Crippen molar-refractivity contribution in [2.75, 3.05) is 5.73 Å². The summed E-state index contributed by atoms with van der Waals surface area (Å²) in [5.74, 6) is 0.707. The van der Waals surface area contributed by atoms with Gasteiger partial charge in [-0.25, -0.2) is 0 Å². The minimum atomic E-state index is -0.186. The first-order chi connectivity index (χ1) is 6.24. The van der Waals surface area contributed by atoms with Gasteiger partial charge in [0, 0.05) is 11.8 Å². The summed E-state index contributed by atoms with van der Waals surface area (Å²) in [5, 5.41) is 2.61. The summed E-state index contributed by atoms with van der Waals surface area (Å²) in [6.45, 7) is 0. The predicted molar refractivity (Wildman–Crippen MR) is 48.0 cm³/mol. The van der Waals surface area contributed by atoms with E-state index >= 15 is 0 Å². The molecule has 0 radical (unpaired) electrons. The predicted octanol–water partition coefficient (Wildman–Crippen LogP) is 0.494. The van der Waals surface area contributed by atoms with Gasteiger partial charge in [0.2, 0.25) is 5.91 Å². The fourth-order valence-electron chi connectivity index (χ4n) is 1.15. The summed E-state index contributed by atoms with van der Waals surface area (Å²) < 4.78 is 5.39. The smallest absolute Gasteiger partial charge is 0.228 e. The third-order valence-corrected chi connectivity index (χ3v) is 1.83. The van der Waals surface area contributed by atoms with Gasteiger partial charge in [0.15, 0.2) is 6.23 Å². The van der Waals surface area contributed by atoms with Crippen molar-refractivity contribution >= 4 is 11.6 Å². The number of hydrogen-bond acceptors (Lipinski definition) is 3. The van der Waals surface area contributed by atoms with Gasteiger partial charge < -0.3 is 15.8 Å². The molecule has 1 aliphatic heterocycles. The molecule has 0 aromatic heterocycles. The Bertz CT molecular complexity index is 330. The molecule has 1 aromatic rings. The molecule has 0 saturated carbocycles. The Morgan fingerprint density at radius 2 is 2.31 bits per heavy atom. The second-order valence-electron chi connectivity index (χ2n) is 2.95. The molecule has 13 heavy (non-hydrogen) atoms. The van der Waals surface area contributed by atoms with Crippen molar-refractivity contribution in [3.63, 3.8) is 0 Å². The van der Waals surface area contributed by atoms with Crippen LogP contribution in [-0.4, -0.2) is 12.1 Å². The SMILES string of the molecule is Nc1cccc(O[C@@H]2CC(=O)N2)c1. The van der Waals surface area contributed by atoms with Gasteiger partial charge in [-0.3, -0.25) is 4.79 Å². The number of β-lactam (4-membered cyclic amide) rings is 1. The number of carbonyl (C=O) groups is 1. The molecule has 1 aromatic carbocycles. The lowest BCUT2D eigenvalue weighted by Gasteiger charge is -2.27. The number of carbonyl (C=O) groups excluding carboxylic acids is 1. The maximum Gasteiger partial charge on any atom is 0.228 e. The van der Waals surface area contributed by atoms with Crippen LogP contribution in [0.15, 0.2) is 24.3 Å². The first-order valence-corrected chi connectivity index (χ1v) is 4.05. The van der Waals surface area contributed by atoms with E-state index in [-0.39, 0.29) is 12.1 Å². The van der Waals surface area contributed by atoms with Gasteiger partial charge in [-0.15, -0.1) is 0 Å². The van der Waals surface area contributed by atoms with Crippen LogP contribution in [0.25, 0.3) is 0 Å². The van der Waals surface area contributed by atoms with Crippen molar-refractivity contribution in [3.05, 3.63) is 24.3 Å². The van der Waals surface area contributed by atoms with E-state index in [1.165, 1.54) is 0 Å². The maximum absolute atomic E-state index is 10.6. The van der Waals surface area contributed by atoms with E-state index in [4.69, 9.17) is 10.5 Å². The summed E-state index contributed by atoms with van der Waals surface area (Å²) in [6, 6.07) is 7.13. The van der Waals surface area contributed by atoms with Gasteiger partial charge in [-0.1, -0.05) is 6.07 Å². The lowest BCUT2D eigenvalue weighted by atomic mass is 10.2. The van der Waals surface area contributed by atoms with Crippen LogP contribution in [0.2, 0.25) is 0 Å². The monoisotopic (exact) mass is 178 g/mol. The lowest BCUT2D eigenvalue weighted by molar-refractivity contribution is -0.134. The second kappa shape index (κ2) is 2.97. The fourth-order valence-corrected chi connectivity index (χ4v) is 1.15. The topological polar surface area (TPSA) is 64.3 Å². The van der Waals surface area contributed by atoms with Crippen LogP contribution >= 0.6 is 0 Å². The molecule has 0 aliphatic carbocycles. The first kappa shape index (κ1) is 7.91.